The number of benzene rings is 1. The summed E-state index contributed by atoms with van der Waals surface area (Å²) in [5.74, 6) is -0.0696. The molecule has 2 fully saturated rings. The molecule has 4 rings (SSSR count). The van der Waals surface area contributed by atoms with Gasteiger partial charge in [-0.15, -0.1) is 0 Å². The Bertz CT molecular complexity index is 979. The molecule has 0 unspecified atom stereocenters. The van der Waals surface area contributed by atoms with Gasteiger partial charge in [-0.25, -0.2) is 4.79 Å². The molecular formula is C25H34N4O4. The second-order valence-electron chi connectivity index (χ2n) is 9.13. The highest BCUT2D eigenvalue weighted by Crippen LogP contribution is 2.30. The van der Waals surface area contributed by atoms with Gasteiger partial charge in [0.2, 0.25) is 5.91 Å². The molecule has 1 aliphatic carbocycles. The van der Waals surface area contributed by atoms with Gasteiger partial charge >= 0.3 is 6.09 Å². The van der Waals surface area contributed by atoms with Crippen LogP contribution in [0.15, 0.2) is 30.6 Å². The molecule has 8 nitrogen and oxygen atoms in total. The summed E-state index contributed by atoms with van der Waals surface area (Å²) in [6.07, 6.45) is 8.54. The summed E-state index contributed by atoms with van der Waals surface area (Å²) in [7, 11) is 0. The lowest BCUT2D eigenvalue weighted by atomic mass is 9.96. The number of alkyl carbamates (subject to hydrolysis) is 1. The lowest BCUT2D eigenvalue weighted by Crippen LogP contribution is -2.45. The number of carbonyl (C=O) groups excluding carboxylic acids is 2. The van der Waals surface area contributed by atoms with Gasteiger partial charge in [0.25, 0.3) is 0 Å². The van der Waals surface area contributed by atoms with E-state index in [9.17, 15) is 9.59 Å². The minimum absolute atomic E-state index is 0.0369. The molecule has 1 aromatic carbocycles. The van der Waals surface area contributed by atoms with Crippen LogP contribution in [0.5, 0.6) is 0 Å². The fraction of sp³-hybridized carbons (Fsp3) is 0.560. The van der Waals surface area contributed by atoms with Crippen molar-refractivity contribution in [3.05, 3.63) is 36.2 Å². The summed E-state index contributed by atoms with van der Waals surface area (Å²) in [5.41, 5.74) is 3.95. The van der Waals surface area contributed by atoms with Crippen LogP contribution in [0.4, 0.5) is 10.5 Å². The first kappa shape index (κ1) is 23.3. The Labute approximate surface area is 195 Å². The SMILES string of the molecule is CC(=O)N(c1ccc(-c2cnn(C3CCOCC3)c2)cc1C)[C@@H](C)CNC(=O)OC1CCC1. The molecular weight excluding hydrogens is 420 g/mol. The van der Waals surface area contributed by atoms with E-state index in [0.29, 0.717) is 12.6 Å². The minimum atomic E-state index is -0.413. The second kappa shape index (κ2) is 10.4. The Morgan fingerprint density at radius 3 is 2.64 bits per heavy atom. The van der Waals surface area contributed by atoms with Gasteiger partial charge in [-0.05, 0) is 69.2 Å². The third-order valence-corrected chi connectivity index (χ3v) is 6.60. The Morgan fingerprint density at radius 2 is 2.00 bits per heavy atom. The van der Waals surface area contributed by atoms with Crippen molar-refractivity contribution in [1.82, 2.24) is 15.1 Å². The number of anilines is 1. The molecule has 178 valence electrons. The normalized spacial score (nSPS) is 17.8. The predicted molar refractivity (Wildman–Crippen MR) is 126 cm³/mol. The minimum Gasteiger partial charge on any atom is -0.446 e. The maximum atomic E-state index is 12.5. The van der Waals surface area contributed by atoms with E-state index in [0.717, 1.165) is 67.7 Å². The summed E-state index contributed by atoms with van der Waals surface area (Å²) in [5, 5.41) is 7.38. The maximum Gasteiger partial charge on any atom is 0.407 e. The van der Waals surface area contributed by atoms with Crippen molar-refractivity contribution in [3.8, 4) is 11.1 Å². The molecule has 0 radical (unpaired) electrons. The van der Waals surface area contributed by atoms with E-state index in [1.54, 1.807) is 11.8 Å². The summed E-state index contributed by atoms with van der Waals surface area (Å²) in [4.78, 5) is 26.3. The third-order valence-electron chi connectivity index (χ3n) is 6.60. The van der Waals surface area contributed by atoms with E-state index in [1.165, 1.54) is 0 Å². The molecule has 0 spiro atoms. The lowest BCUT2D eigenvalue weighted by molar-refractivity contribution is -0.117. The largest absolute Gasteiger partial charge is 0.446 e. The van der Waals surface area contributed by atoms with E-state index in [2.05, 4.69) is 22.7 Å². The number of aryl methyl sites for hydroxylation is 1. The topological polar surface area (TPSA) is 85.7 Å². The van der Waals surface area contributed by atoms with Crippen LogP contribution in [0, 0.1) is 6.92 Å². The van der Waals surface area contributed by atoms with Crippen molar-refractivity contribution in [2.24, 2.45) is 0 Å². The van der Waals surface area contributed by atoms with Crippen LogP contribution in [0.3, 0.4) is 0 Å². The molecule has 1 aliphatic heterocycles. The lowest BCUT2D eigenvalue weighted by Gasteiger charge is -2.30. The molecule has 1 saturated heterocycles. The van der Waals surface area contributed by atoms with E-state index < -0.39 is 6.09 Å². The molecule has 2 amide bonds. The fourth-order valence-corrected chi connectivity index (χ4v) is 4.46. The van der Waals surface area contributed by atoms with Gasteiger partial charge in [0, 0.05) is 44.1 Å². The standard InChI is InChI=1S/C25H34N4O4/c1-17-13-20(21-15-27-28(16-21)22-9-11-32-12-10-22)7-8-24(17)29(19(3)30)18(2)14-26-25(31)33-23-5-4-6-23/h7-8,13,15-16,18,22-23H,4-6,9-12,14H2,1-3H3,(H,26,31)/t18-/m0/s1. The highest BCUT2D eigenvalue weighted by atomic mass is 16.6. The van der Waals surface area contributed by atoms with E-state index >= 15 is 0 Å². The molecule has 2 heterocycles. The van der Waals surface area contributed by atoms with E-state index in [-0.39, 0.29) is 18.1 Å². The number of aromatic nitrogens is 2. The van der Waals surface area contributed by atoms with Crippen LogP contribution >= 0.6 is 0 Å². The second-order valence-corrected chi connectivity index (χ2v) is 9.13. The molecule has 1 N–H and O–H groups in total. The maximum absolute atomic E-state index is 12.5. The first-order chi connectivity index (χ1) is 15.9. The average Bonchev–Trinajstić information content (AvgIpc) is 3.27. The van der Waals surface area contributed by atoms with Crippen LogP contribution in [0.2, 0.25) is 0 Å². The first-order valence-corrected chi connectivity index (χ1v) is 11.9. The van der Waals surface area contributed by atoms with E-state index in [1.807, 2.05) is 36.9 Å². The molecule has 1 aromatic heterocycles. The molecule has 8 heteroatoms. The van der Waals surface area contributed by atoms with Gasteiger partial charge in [-0.1, -0.05) is 6.07 Å². The van der Waals surface area contributed by atoms with Gasteiger partial charge in [0.1, 0.15) is 6.10 Å². The van der Waals surface area contributed by atoms with Gasteiger partial charge in [-0.2, -0.15) is 5.10 Å². The molecule has 2 aliphatic rings. The molecule has 33 heavy (non-hydrogen) atoms. The van der Waals surface area contributed by atoms with Gasteiger partial charge in [0.05, 0.1) is 18.3 Å². The zero-order valence-corrected chi connectivity index (χ0v) is 19.8. The van der Waals surface area contributed by atoms with E-state index in [4.69, 9.17) is 9.47 Å². The van der Waals surface area contributed by atoms with Crippen LogP contribution in [-0.4, -0.2) is 53.7 Å². The summed E-state index contributed by atoms with van der Waals surface area (Å²) >= 11 is 0. The quantitative estimate of drug-likeness (QED) is 0.677. The van der Waals surface area contributed by atoms with Crippen molar-refractivity contribution >= 4 is 17.7 Å². The van der Waals surface area contributed by atoms with Gasteiger partial charge in [-0.3, -0.25) is 9.48 Å². The number of hydrogen-bond donors (Lipinski definition) is 1. The summed E-state index contributed by atoms with van der Waals surface area (Å²) in [6, 6.07) is 6.25. The first-order valence-electron chi connectivity index (χ1n) is 11.9. The van der Waals surface area contributed by atoms with Crippen molar-refractivity contribution in [1.29, 1.82) is 0 Å². The number of hydrogen-bond acceptors (Lipinski definition) is 5. The Hall–Kier alpha value is -2.87. The summed E-state index contributed by atoms with van der Waals surface area (Å²) in [6.45, 7) is 7.36. The number of amides is 2. The highest BCUT2D eigenvalue weighted by Gasteiger charge is 2.24. The number of nitrogens with one attached hydrogen (secondary N) is 1. The fourth-order valence-electron chi connectivity index (χ4n) is 4.46. The highest BCUT2D eigenvalue weighted by molar-refractivity contribution is 5.93. The number of rotatable bonds is 7. The van der Waals surface area contributed by atoms with Crippen molar-refractivity contribution in [2.75, 3.05) is 24.7 Å². The number of nitrogens with zero attached hydrogens (tertiary/aromatic N) is 3. The molecule has 1 atom stereocenters. The van der Waals surface area contributed by atoms with Crippen molar-refractivity contribution in [2.45, 2.75) is 71.1 Å². The molecule has 1 saturated carbocycles. The average molecular weight is 455 g/mol. The Balaban J connectivity index is 1.43. The van der Waals surface area contributed by atoms with Crippen LogP contribution in [0.25, 0.3) is 11.1 Å². The number of carbonyl (C=O) groups is 2. The smallest absolute Gasteiger partial charge is 0.407 e. The van der Waals surface area contributed by atoms with Gasteiger partial charge in [0.15, 0.2) is 0 Å². The zero-order valence-electron chi connectivity index (χ0n) is 19.8. The molecule has 0 bridgehead atoms. The van der Waals surface area contributed by atoms with Crippen molar-refractivity contribution < 1.29 is 19.1 Å². The Morgan fingerprint density at radius 1 is 1.24 bits per heavy atom. The third kappa shape index (κ3) is 5.55. The summed E-state index contributed by atoms with van der Waals surface area (Å²) < 4.78 is 12.8. The van der Waals surface area contributed by atoms with Crippen LogP contribution in [0.1, 0.15) is 57.6 Å². The molecule has 2 aromatic rings. The Kier molecular flexibility index (Phi) is 7.33. The van der Waals surface area contributed by atoms with Gasteiger partial charge < -0.3 is 19.7 Å². The monoisotopic (exact) mass is 454 g/mol. The van der Waals surface area contributed by atoms with Crippen LogP contribution in [-0.2, 0) is 14.3 Å². The predicted octanol–water partition coefficient (Wildman–Crippen LogP) is 4.23. The zero-order chi connectivity index (χ0) is 23.4. The van der Waals surface area contributed by atoms with Crippen molar-refractivity contribution in [3.63, 3.8) is 0 Å². The van der Waals surface area contributed by atoms with Crippen LogP contribution < -0.4 is 10.2 Å². The number of ether oxygens (including phenoxy) is 2.